The molecule has 18 heavy (non-hydrogen) atoms. The lowest BCUT2D eigenvalue weighted by Gasteiger charge is -2.18. The van der Waals surface area contributed by atoms with E-state index >= 15 is 0 Å². The summed E-state index contributed by atoms with van der Waals surface area (Å²) in [4.78, 5) is 11.6. The molecule has 2 atom stereocenters. The molecule has 0 aliphatic heterocycles. The van der Waals surface area contributed by atoms with Crippen molar-refractivity contribution in [3.8, 4) is 0 Å². The Hall–Kier alpha value is -1.55. The van der Waals surface area contributed by atoms with E-state index in [1.165, 1.54) is 0 Å². The van der Waals surface area contributed by atoms with Crippen molar-refractivity contribution in [2.75, 3.05) is 6.61 Å². The minimum absolute atomic E-state index is 0.0540. The molecule has 0 saturated heterocycles. The van der Waals surface area contributed by atoms with Crippen molar-refractivity contribution < 1.29 is 14.6 Å². The summed E-state index contributed by atoms with van der Waals surface area (Å²) in [7, 11) is 0. The van der Waals surface area contributed by atoms with Gasteiger partial charge in [-0.3, -0.25) is 0 Å². The van der Waals surface area contributed by atoms with E-state index in [0.29, 0.717) is 0 Å². The third-order valence-corrected chi connectivity index (χ3v) is 3.41. The van der Waals surface area contributed by atoms with E-state index in [0.717, 1.165) is 24.8 Å². The average molecular weight is 249 g/mol. The second kappa shape index (κ2) is 6.40. The van der Waals surface area contributed by atoms with Gasteiger partial charge in [-0.2, -0.15) is 0 Å². The van der Waals surface area contributed by atoms with Gasteiger partial charge in [0.05, 0.1) is 0 Å². The van der Waals surface area contributed by atoms with Gasteiger partial charge in [0.2, 0.25) is 0 Å². The summed E-state index contributed by atoms with van der Waals surface area (Å²) in [6.45, 7) is 0.410. The summed E-state index contributed by atoms with van der Waals surface area (Å²) in [6, 6.07) is 9.63. The molecule has 0 heterocycles. The Morgan fingerprint density at radius 1 is 1.33 bits per heavy atom. The van der Waals surface area contributed by atoms with Crippen molar-refractivity contribution in [2.24, 2.45) is 5.92 Å². The number of hydrogen-bond acceptors (Lipinski definition) is 3. The number of alkyl carbamates (subject to hydrolysis) is 1. The standard InChI is InChI=1S/C14H19NO3/c16-9-12-7-4-8-13(12)15-14(17)18-10-11-5-2-1-3-6-11/h1-3,5-6,12-13,16H,4,7-10H2,(H,15,17)/t12-,13-/m0/s1. The first kappa shape index (κ1) is 12.9. The van der Waals surface area contributed by atoms with Gasteiger partial charge in [0.25, 0.3) is 0 Å². The van der Waals surface area contributed by atoms with Crippen molar-refractivity contribution in [1.29, 1.82) is 0 Å². The van der Waals surface area contributed by atoms with Crippen molar-refractivity contribution in [1.82, 2.24) is 5.32 Å². The summed E-state index contributed by atoms with van der Waals surface area (Å²) >= 11 is 0. The van der Waals surface area contributed by atoms with Crippen molar-refractivity contribution in [3.05, 3.63) is 35.9 Å². The molecular weight excluding hydrogens is 230 g/mol. The summed E-state index contributed by atoms with van der Waals surface area (Å²) < 4.78 is 5.15. The predicted molar refractivity (Wildman–Crippen MR) is 68.0 cm³/mol. The van der Waals surface area contributed by atoms with Gasteiger partial charge in [0, 0.05) is 18.6 Å². The maximum atomic E-state index is 11.6. The summed E-state index contributed by atoms with van der Waals surface area (Å²) in [6.07, 6.45) is 2.55. The Morgan fingerprint density at radius 2 is 2.11 bits per heavy atom. The quantitative estimate of drug-likeness (QED) is 0.859. The number of aliphatic hydroxyl groups excluding tert-OH is 1. The van der Waals surface area contributed by atoms with E-state index in [9.17, 15) is 4.79 Å². The highest BCUT2D eigenvalue weighted by Crippen LogP contribution is 2.25. The number of carbonyl (C=O) groups excluding carboxylic acids is 1. The number of benzene rings is 1. The van der Waals surface area contributed by atoms with E-state index in [-0.39, 0.29) is 25.2 Å². The van der Waals surface area contributed by atoms with Crippen LogP contribution in [0.15, 0.2) is 30.3 Å². The number of amides is 1. The maximum absolute atomic E-state index is 11.6. The molecule has 0 spiro atoms. The zero-order valence-corrected chi connectivity index (χ0v) is 10.3. The molecule has 2 rings (SSSR count). The van der Waals surface area contributed by atoms with Crippen LogP contribution in [0.3, 0.4) is 0 Å². The average Bonchev–Trinajstić information content (AvgIpc) is 2.85. The molecule has 0 unspecified atom stereocenters. The highest BCUT2D eigenvalue weighted by atomic mass is 16.5. The van der Waals surface area contributed by atoms with Crippen LogP contribution in [0, 0.1) is 5.92 Å². The molecule has 0 aromatic heterocycles. The Kier molecular flexibility index (Phi) is 4.59. The Morgan fingerprint density at radius 3 is 2.83 bits per heavy atom. The minimum atomic E-state index is -0.399. The van der Waals surface area contributed by atoms with Gasteiger partial charge < -0.3 is 15.2 Å². The molecule has 1 saturated carbocycles. The SMILES string of the molecule is O=C(N[C@H]1CCC[C@H]1CO)OCc1ccccc1. The maximum Gasteiger partial charge on any atom is 0.407 e. The van der Waals surface area contributed by atoms with Crippen molar-refractivity contribution >= 4 is 6.09 Å². The molecule has 1 aliphatic carbocycles. The van der Waals surface area contributed by atoms with E-state index in [4.69, 9.17) is 9.84 Å². The smallest absolute Gasteiger partial charge is 0.407 e. The zero-order valence-electron chi connectivity index (χ0n) is 10.3. The second-order valence-corrected chi connectivity index (χ2v) is 4.69. The molecule has 1 aromatic rings. The molecule has 98 valence electrons. The van der Waals surface area contributed by atoms with Crippen LogP contribution in [-0.4, -0.2) is 23.8 Å². The van der Waals surface area contributed by atoms with Gasteiger partial charge in [-0.1, -0.05) is 36.8 Å². The number of carbonyl (C=O) groups is 1. The Balaban J connectivity index is 1.75. The van der Waals surface area contributed by atoms with E-state index < -0.39 is 6.09 Å². The second-order valence-electron chi connectivity index (χ2n) is 4.69. The van der Waals surface area contributed by atoms with Gasteiger partial charge >= 0.3 is 6.09 Å². The first-order valence-corrected chi connectivity index (χ1v) is 6.37. The number of hydrogen-bond donors (Lipinski definition) is 2. The molecular formula is C14H19NO3. The van der Waals surface area contributed by atoms with Crippen LogP contribution in [0.5, 0.6) is 0 Å². The highest BCUT2D eigenvalue weighted by Gasteiger charge is 2.28. The lowest BCUT2D eigenvalue weighted by Crippen LogP contribution is -2.38. The normalized spacial score (nSPS) is 22.7. The zero-order chi connectivity index (χ0) is 12.8. The van der Waals surface area contributed by atoms with Gasteiger partial charge in [-0.15, -0.1) is 0 Å². The van der Waals surface area contributed by atoms with Gasteiger partial charge in [-0.25, -0.2) is 4.79 Å². The van der Waals surface area contributed by atoms with Crippen LogP contribution in [0.4, 0.5) is 4.79 Å². The number of aliphatic hydroxyl groups is 1. The molecule has 0 bridgehead atoms. The third kappa shape index (κ3) is 3.47. The summed E-state index contributed by atoms with van der Waals surface area (Å²) in [5.41, 5.74) is 0.970. The Labute approximate surface area is 107 Å². The van der Waals surface area contributed by atoms with E-state index in [2.05, 4.69) is 5.32 Å². The molecule has 4 heteroatoms. The van der Waals surface area contributed by atoms with E-state index in [1.54, 1.807) is 0 Å². The Bertz CT molecular complexity index is 380. The van der Waals surface area contributed by atoms with Crippen LogP contribution in [0.1, 0.15) is 24.8 Å². The third-order valence-electron chi connectivity index (χ3n) is 3.41. The van der Waals surface area contributed by atoms with Crippen LogP contribution in [0.2, 0.25) is 0 Å². The van der Waals surface area contributed by atoms with Crippen molar-refractivity contribution in [2.45, 2.75) is 31.9 Å². The highest BCUT2D eigenvalue weighted by molar-refractivity contribution is 5.67. The van der Waals surface area contributed by atoms with Crippen molar-refractivity contribution in [3.63, 3.8) is 0 Å². The summed E-state index contributed by atoms with van der Waals surface area (Å²) in [5, 5.41) is 12.0. The lowest BCUT2D eigenvalue weighted by molar-refractivity contribution is 0.128. The van der Waals surface area contributed by atoms with Crippen LogP contribution in [-0.2, 0) is 11.3 Å². The first-order chi connectivity index (χ1) is 8.79. The fourth-order valence-corrected chi connectivity index (χ4v) is 2.36. The molecule has 1 fully saturated rings. The number of nitrogens with one attached hydrogen (secondary N) is 1. The molecule has 1 amide bonds. The molecule has 4 nitrogen and oxygen atoms in total. The molecule has 1 aromatic carbocycles. The topological polar surface area (TPSA) is 58.6 Å². The fraction of sp³-hybridized carbons (Fsp3) is 0.500. The molecule has 2 N–H and O–H groups in total. The minimum Gasteiger partial charge on any atom is -0.445 e. The monoisotopic (exact) mass is 249 g/mol. The van der Waals surface area contributed by atoms with Crippen LogP contribution >= 0.6 is 0 Å². The van der Waals surface area contributed by atoms with Gasteiger partial charge in [0.15, 0.2) is 0 Å². The van der Waals surface area contributed by atoms with Gasteiger partial charge in [0.1, 0.15) is 6.61 Å². The van der Waals surface area contributed by atoms with Gasteiger partial charge in [-0.05, 0) is 18.4 Å². The fourth-order valence-electron chi connectivity index (χ4n) is 2.36. The van der Waals surface area contributed by atoms with Crippen LogP contribution in [0.25, 0.3) is 0 Å². The number of ether oxygens (including phenoxy) is 1. The first-order valence-electron chi connectivity index (χ1n) is 6.37. The predicted octanol–water partition coefficient (Wildman–Crippen LogP) is 2.07. The molecule has 1 aliphatic rings. The lowest BCUT2D eigenvalue weighted by atomic mass is 10.1. The number of rotatable bonds is 4. The summed E-state index contributed by atoms with van der Waals surface area (Å²) in [5.74, 6) is 0.175. The van der Waals surface area contributed by atoms with E-state index in [1.807, 2.05) is 30.3 Å². The largest absolute Gasteiger partial charge is 0.445 e. The van der Waals surface area contributed by atoms with Crippen LogP contribution < -0.4 is 5.32 Å². The molecule has 0 radical (unpaired) electrons.